The molecule has 3 aromatic rings. The van der Waals surface area contributed by atoms with Crippen LogP contribution in [0.4, 0.5) is 0 Å². The van der Waals surface area contributed by atoms with Gasteiger partial charge in [-0.2, -0.15) is 0 Å². The van der Waals surface area contributed by atoms with Gasteiger partial charge in [0.2, 0.25) is 0 Å². The van der Waals surface area contributed by atoms with Gasteiger partial charge in [0.05, 0.1) is 0 Å². The minimum atomic E-state index is -3.01. The fourth-order valence-corrected chi connectivity index (χ4v) is 9.85. The number of rotatable bonds is 5. The Labute approximate surface area is 162 Å². The van der Waals surface area contributed by atoms with Gasteiger partial charge in [0.25, 0.3) is 0 Å². The fraction of sp³-hybridized carbons (Fsp3) is 0. The molecule has 0 unspecified atom stereocenters. The quantitative estimate of drug-likeness (QED) is 0.340. The molecule has 25 heavy (non-hydrogen) atoms. The number of halogens is 2. The van der Waals surface area contributed by atoms with Crippen molar-refractivity contribution in [3.8, 4) is 0 Å². The van der Waals surface area contributed by atoms with Gasteiger partial charge in [-0.05, 0) is 0 Å². The van der Waals surface area contributed by atoms with Crippen molar-refractivity contribution in [2.75, 3.05) is 0 Å². The zero-order valence-corrected chi connectivity index (χ0v) is 17.0. The van der Waals surface area contributed by atoms with Gasteiger partial charge in [-0.25, -0.2) is 0 Å². The summed E-state index contributed by atoms with van der Waals surface area (Å²) >= 11 is 10.4. The van der Waals surface area contributed by atoms with E-state index in [-0.39, 0.29) is 0 Å². The van der Waals surface area contributed by atoms with Crippen molar-refractivity contribution >= 4 is 48.3 Å². The van der Waals surface area contributed by atoms with Crippen LogP contribution in [0.25, 0.3) is 0 Å². The molecule has 0 heterocycles. The van der Waals surface area contributed by atoms with Crippen molar-refractivity contribution in [1.29, 1.82) is 0 Å². The Morgan fingerprint density at radius 1 is 0.720 bits per heavy atom. The summed E-state index contributed by atoms with van der Waals surface area (Å²) in [5, 5.41) is 1.17. The molecule has 0 saturated carbocycles. The Kier molecular flexibility index (Phi) is 5.29. The van der Waals surface area contributed by atoms with E-state index >= 15 is 0 Å². The summed E-state index contributed by atoms with van der Waals surface area (Å²) in [5.74, 6) is 2.21. The van der Waals surface area contributed by atoms with Crippen LogP contribution in [0.3, 0.4) is 0 Å². The first kappa shape index (κ1) is 18.1. The zero-order chi connectivity index (χ0) is 17.8. The van der Waals surface area contributed by atoms with E-state index in [2.05, 4.69) is 101 Å². The molecule has 0 N–H and O–H groups in total. The van der Waals surface area contributed by atoms with Crippen LogP contribution in [0.2, 0.25) is 0 Å². The summed E-state index contributed by atoms with van der Waals surface area (Å²) in [5.41, 5.74) is 0. The van der Waals surface area contributed by atoms with Crippen molar-refractivity contribution in [2.45, 2.75) is 0 Å². The van der Waals surface area contributed by atoms with Crippen molar-refractivity contribution in [1.82, 2.24) is 0 Å². The Bertz CT molecular complexity index is 790. The molecule has 0 bridgehead atoms. The van der Waals surface area contributed by atoms with E-state index in [4.69, 9.17) is 11.6 Å². The van der Waals surface area contributed by atoms with Crippen LogP contribution in [0, 0.1) is 0 Å². The SMILES string of the molecule is C=C(Cl)C=CP(Br)(c1ccccc1)(c1ccccc1)c1ccccc1. The molecule has 0 fully saturated rings. The van der Waals surface area contributed by atoms with Gasteiger partial charge >= 0.3 is 163 Å². The van der Waals surface area contributed by atoms with E-state index in [1.807, 2.05) is 24.3 Å². The molecule has 0 spiro atoms. The predicted octanol–water partition coefficient (Wildman–Crippen LogP) is 6.09. The standard InChI is InChI=1S/C22H19BrClP/c1-19(24)17-18-25(23,20-11-5-2-6-12-20,21-13-7-3-8-14-21)22-15-9-4-10-16-22/h2-18H,1H2. The average Bonchev–Trinajstić information content (AvgIpc) is 2.68. The number of hydrogen-bond donors (Lipinski definition) is 0. The van der Waals surface area contributed by atoms with Crippen LogP contribution in [-0.4, -0.2) is 0 Å². The van der Waals surface area contributed by atoms with Crippen molar-refractivity contribution in [3.63, 3.8) is 0 Å². The van der Waals surface area contributed by atoms with Crippen LogP contribution >= 0.6 is 32.4 Å². The van der Waals surface area contributed by atoms with Crippen molar-refractivity contribution in [2.24, 2.45) is 0 Å². The Morgan fingerprint density at radius 2 is 1.04 bits per heavy atom. The number of hydrogen-bond acceptors (Lipinski definition) is 0. The third-order valence-corrected chi connectivity index (χ3v) is 13.5. The van der Waals surface area contributed by atoms with Crippen molar-refractivity contribution in [3.05, 3.63) is 114 Å². The second-order valence-corrected chi connectivity index (χ2v) is 14.7. The van der Waals surface area contributed by atoms with E-state index in [1.165, 1.54) is 15.9 Å². The molecule has 0 aliphatic carbocycles. The molecule has 0 amide bonds. The van der Waals surface area contributed by atoms with E-state index in [0.717, 1.165) is 0 Å². The predicted molar refractivity (Wildman–Crippen MR) is 118 cm³/mol. The maximum absolute atomic E-state index is 6.13. The van der Waals surface area contributed by atoms with Crippen LogP contribution in [0.1, 0.15) is 0 Å². The second-order valence-electron chi connectivity index (χ2n) is 5.84. The molecule has 0 aliphatic rings. The average molecular weight is 430 g/mol. The third kappa shape index (κ3) is 3.25. The molecule has 3 heteroatoms. The van der Waals surface area contributed by atoms with Gasteiger partial charge in [0, 0.05) is 0 Å². The first-order chi connectivity index (χ1) is 12.1. The summed E-state index contributed by atoms with van der Waals surface area (Å²) in [4.78, 5) is 0. The topological polar surface area (TPSA) is 0 Å². The first-order valence-corrected chi connectivity index (χ1v) is 12.7. The molecular weight excluding hydrogens is 411 g/mol. The molecule has 3 aromatic carbocycles. The summed E-state index contributed by atoms with van der Waals surface area (Å²) < 4.78 is 0. The molecule has 0 aromatic heterocycles. The van der Waals surface area contributed by atoms with Gasteiger partial charge in [-0.1, -0.05) is 0 Å². The summed E-state index contributed by atoms with van der Waals surface area (Å²) in [6, 6.07) is 31.6. The monoisotopic (exact) mass is 428 g/mol. The Balaban J connectivity index is 2.47. The number of benzene rings is 3. The Hall–Kier alpha value is -1.66. The van der Waals surface area contributed by atoms with Crippen LogP contribution in [0.5, 0.6) is 0 Å². The molecule has 0 atom stereocenters. The summed E-state index contributed by atoms with van der Waals surface area (Å²) in [6.07, 6.45) is 1.90. The summed E-state index contributed by atoms with van der Waals surface area (Å²) in [6.45, 7) is 3.85. The molecule has 0 nitrogen and oxygen atoms in total. The Morgan fingerprint density at radius 3 is 1.32 bits per heavy atom. The molecule has 3 rings (SSSR count). The molecule has 0 saturated heterocycles. The van der Waals surface area contributed by atoms with Gasteiger partial charge in [0.15, 0.2) is 0 Å². The first-order valence-electron chi connectivity index (χ1n) is 7.99. The van der Waals surface area contributed by atoms with E-state index < -0.39 is 5.31 Å². The third-order valence-electron chi connectivity index (χ3n) is 4.32. The van der Waals surface area contributed by atoms with Crippen molar-refractivity contribution < 1.29 is 0 Å². The van der Waals surface area contributed by atoms with E-state index in [9.17, 15) is 0 Å². The van der Waals surface area contributed by atoms with Gasteiger partial charge in [-0.15, -0.1) is 0 Å². The van der Waals surface area contributed by atoms with Gasteiger partial charge < -0.3 is 0 Å². The molecule has 126 valence electrons. The maximum atomic E-state index is 6.13. The van der Waals surface area contributed by atoms with Crippen LogP contribution in [0.15, 0.2) is 114 Å². The van der Waals surface area contributed by atoms with E-state index in [0.29, 0.717) is 5.03 Å². The van der Waals surface area contributed by atoms with Crippen LogP contribution in [-0.2, 0) is 0 Å². The minimum absolute atomic E-state index is 0.510. The summed E-state index contributed by atoms with van der Waals surface area (Å²) in [7, 11) is 0. The molecular formula is C22H19BrClP. The number of allylic oxidation sites excluding steroid dienone is 2. The van der Waals surface area contributed by atoms with Crippen LogP contribution < -0.4 is 15.9 Å². The molecule has 0 radical (unpaired) electrons. The normalized spacial score (nSPS) is 13.3. The van der Waals surface area contributed by atoms with Gasteiger partial charge in [0.1, 0.15) is 0 Å². The fourth-order valence-electron chi connectivity index (χ4n) is 3.08. The second kappa shape index (κ2) is 7.30. The van der Waals surface area contributed by atoms with E-state index in [1.54, 1.807) is 0 Å². The zero-order valence-electron chi connectivity index (χ0n) is 13.7. The van der Waals surface area contributed by atoms with Gasteiger partial charge in [-0.3, -0.25) is 0 Å². The molecule has 0 aliphatic heterocycles.